The quantitative estimate of drug-likeness (QED) is 0.866. The molecular formula is C14H12Br2N2O. The molecule has 0 bridgehead atoms. The number of benzene rings is 1. The van der Waals surface area contributed by atoms with Gasteiger partial charge < -0.3 is 5.32 Å². The van der Waals surface area contributed by atoms with Crippen LogP contribution in [-0.4, -0.2) is 10.9 Å². The van der Waals surface area contributed by atoms with Crippen LogP contribution in [0.5, 0.6) is 0 Å². The van der Waals surface area contributed by atoms with Crippen LogP contribution in [-0.2, 0) is 0 Å². The number of nitrogens with one attached hydrogen (secondary N) is 1. The molecule has 3 nitrogen and oxygen atoms in total. The van der Waals surface area contributed by atoms with Crippen molar-refractivity contribution in [1.82, 2.24) is 10.3 Å². The zero-order chi connectivity index (χ0) is 13.8. The van der Waals surface area contributed by atoms with Crippen molar-refractivity contribution in [2.45, 2.75) is 13.0 Å². The summed E-state index contributed by atoms with van der Waals surface area (Å²) >= 11 is 6.75. The molecule has 1 amide bonds. The van der Waals surface area contributed by atoms with E-state index in [1.807, 2.05) is 25.1 Å². The summed E-state index contributed by atoms with van der Waals surface area (Å²) in [6.45, 7) is 1.94. The first-order valence-corrected chi connectivity index (χ1v) is 7.32. The third kappa shape index (κ3) is 3.88. The van der Waals surface area contributed by atoms with E-state index in [0.717, 1.165) is 14.5 Å². The Labute approximate surface area is 128 Å². The predicted molar refractivity (Wildman–Crippen MR) is 82.0 cm³/mol. The average molecular weight is 384 g/mol. The van der Waals surface area contributed by atoms with Crippen molar-refractivity contribution in [3.8, 4) is 0 Å². The summed E-state index contributed by atoms with van der Waals surface area (Å²) in [6.07, 6.45) is 3.43. The summed E-state index contributed by atoms with van der Waals surface area (Å²) in [7, 11) is 0. The third-order valence-corrected chi connectivity index (χ3v) is 3.59. The first-order valence-electron chi connectivity index (χ1n) is 5.73. The number of halogens is 2. The van der Waals surface area contributed by atoms with Crippen molar-refractivity contribution in [2.24, 2.45) is 0 Å². The van der Waals surface area contributed by atoms with Crippen molar-refractivity contribution in [2.75, 3.05) is 0 Å². The molecule has 1 aromatic heterocycles. The van der Waals surface area contributed by atoms with E-state index in [2.05, 4.69) is 42.2 Å². The molecule has 1 unspecified atom stereocenters. The summed E-state index contributed by atoms with van der Waals surface area (Å²) in [4.78, 5) is 16.1. The maximum atomic E-state index is 12.2. The smallest absolute Gasteiger partial charge is 0.251 e. The molecule has 2 aromatic rings. The Morgan fingerprint density at radius 3 is 2.32 bits per heavy atom. The van der Waals surface area contributed by atoms with Gasteiger partial charge in [0, 0.05) is 26.9 Å². The van der Waals surface area contributed by atoms with Crippen molar-refractivity contribution in [3.63, 3.8) is 0 Å². The van der Waals surface area contributed by atoms with Crippen LogP contribution in [0.3, 0.4) is 0 Å². The van der Waals surface area contributed by atoms with Gasteiger partial charge in [-0.25, -0.2) is 0 Å². The van der Waals surface area contributed by atoms with Gasteiger partial charge in [0.15, 0.2) is 0 Å². The van der Waals surface area contributed by atoms with Crippen LogP contribution in [0.2, 0.25) is 0 Å². The summed E-state index contributed by atoms with van der Waals surface area (Å²) in [5.74, 6) is -0.105. The average Bonchev–Trinajstić information content (AvgIpc) is 2.38. The van der Waals surface area contributed by atoms with Crippen LogP contribution >= 0.6 is 31.9 Å². The molecule has 2 rings (SSSR count). The molecule has 98 valence electrons. The Kier molecular flexibility index (Phi) is 4.71. The lowest BCUT2D eigenvalue weighted by Crippen LogP contribution is -2.26. The van der Waals surface area contributed by atoms with Gasteiger partial charge >= 0.3 is 0 Å². The van der Waals surface area contributed by atoms with E-state index >= 15 is 0 Å². The second kappa shape index (κ2) is 6.30. The summed E-state index contributed by atoms with van der Waals surface area (Å²) in [5.41, 5.74) is 1.64. The molecule has 0 saturated carbocycles. The van der Waals surface area contributed by atoms with E-state index in [0.29, 0.717) is 5.56 Å². The molecule has 1 aromatic carbocycles. The highest BCUT2D eigenvalue weighted by atomic mass is 79.9. The summed E-state index contributed by atoms with van der Waals surface area (Å²) < 4.78 is 1.73. The number of amides is 1. The van der Waals surface area contributed by atoms with Gasteiger partial charge in [-0.2, -0.15) is 0 Å². The minimum Gasteiger partial charge on any atom is -0.346 e. The highest BCUT2D eigenvalue weighted by Gasteiger charge is 2.12. The number of carbonyl (C=O) groups is 1. The van der Waals surface area contributed by atoms with Gasteiger partial charge in [0.25, 0.3) is 5.91 Å². The fraction of sp³-hybridized carbons (Fsp3) is 0.143. The monoisotopic (exact) mass is 382 g/mol. The lowest BCUT2D eigenvalue weighted by atomic mass is 10.1. The van der Waals surface area contributed by atoms with E-state index in [4.69, 9.17) is 0 Å². The second-order valence-corrected chi connectivity index (χ2v) is 5.97. The van der Waals surface area contributed by atoms with Crippen LogP contribution in [0.25, 0.3) is 0 Å². The number of hydrogen-bond donors (Lipinski definition) is 1. The minimum absolute atomic E-state index is 0.0618. The van der Waals surface area contributed by atoms with Gasteiger partial charge in [-0.1, -0.05) is 31.9 Å². The van der Waals surface area contributed by atoms with E-state index in [9.17, 15) is 4.79 Å². The van der Waals surface area contributed by atoms with Crippen LogP contribution < -0.4 is 5.32 Å². The molecule has 0 spiro atoms. The molecule has 0 saturated heterocycles. The summed E-state index contributed by atoms with van der Waals surface area (Å²) in [5, 5.41) is 2.96. The zero-order valence-corrected chi connectivity index (χ0v) is 13.4. The molecule has 1 heterocycles. The van der Waals surface area contributed by atoms with Gasteiger partial charge in [0.2, 0.25) is 0 Å². The van der Waals surface area contributed by atoms with E-state index in [1.54, 1.807) is 24.5 Å². The molecule has 0 radical (unpaired) electrons. The number of rotatable bonds is 3. The van der Waals surface area contributed by atoms with Gasteiger partial charge in [-0.15, -0.1) is 0 Å². The maximum Gasteiger partial charge on any atom is 0.251 e. The normalized spacial score (nSPS) is 11.9. The highest BCUT2D eigenvalue weighted by molar-refractivity contribution is 9.11. The number of nitrogens with zero attached hydrogens (tertiary/aromatic N) is 1. The highest BCUT2D eigenvalue weighted by Crippen LogP contribution is 2.21. The molecule has 0 fully saturated rings. The van der Waals surface area contributed by atoms with E-state index in [1.165, 1.54) is 0 Å². The van der Waals surface area contributed by atoms with Crippen LogP contribution in [0, 0.1) is 0 Å². The Morgan fingerprint density at radius 1 is 1.16 bits per heavy atom. The molecule has 19 heavy (non-hydrogen) atoms. The number of pyridine rings is 1. The van der Waals surface area contributed by atoms with Crippen molar-refractivity contribution in [3.05, 3.63) is 62.8 Å². The van der Waals surface area contributed by atoms with Gasteiger partial charge in [0.1, 0.15) is 0 Å². The van der Waals surface area contributed by atoms with Crippen molar-refractivity contribution >= 4 is 37.8 Å². The lowest BCUT2D eigenvalue weighted by Gasteiger charge is -2.14. The Morgan fingerprint density at radius 2 is 1.74 bits per heavy atom. The molecule has 0 aliphatic carbocycles. The molecule has 5 heteroatoms. The van der Waals surface area contributed by atoms with Crippen molar-refractivity contribution < 1.29 is 4.79 Å². The fourth-order valence-corrected chi connectivity index (χ4v) is 2.99. The molecule has 0 aliphatic rings. The Hall–Kier alpha value is -1.20. The minimum atomic E-state index is -0.105. The SMILES string of the molecule is CC(NC(=O)c1cc(Br)cc(Br)c1)c1ccncc1. The number of hydrogen-bond acceptors (Lipinski definition) is 2. The topological polar surface area (TPSA) is 42.0 Å². The van der Waals surface area contributed by atoms with Crippen LogP contribution in [0.1, 0.15) is 28.9 Å². The largest absolute Gasteiger partial charge is 0.346 e. The van der Waals surface area contributed by atoms with Crippen molar-refractivity contribution in [1.29, 1.82) is 0 Å². The third-order valence-electron chi connectivity index (χ3n) is 2.68. The molecule has 1 N–H and O–H groups in total. The Bertz CT molecular complexity index is 567. The second-order valence-electron chi connectivity index (χ2n) is 4.13. The fourth-order valence-electron chi connectivity index (χ4n) is 1.70. The maximum absolute atomic E-state index is 12.2. The zero-order valence-electron chi connectivity index (χ0n) is 10.2. The number of carbonyl (C=O) groups excluding carboxylic acids is 1. The van der Waals surface area contributed by atoms with Gasteiger partial charge in [-0.3, -0.25) is 9.78 Å². The molecular weight excluding hydrogens is 372 g/mol. The van der Waals surface area contributed by atoms with Gasteiger partial charge in [0.05, 0.1) is 6.04 Å². The Balaban J connectivity index is 2.13. The molecule has 1 atom stereocenters. The van der Waals surface area contributed by atoms with Crippen LogP contribution in [0.15, 0.2) is 51.7 Å². The van der Waals surface area contributed by atoms with E-state index < -0.39 is 0 Å². The molecule has 0 aliphatic heterocycles. The standard InChI is InChI=1S/C14H12Br2N2O/c1-9(10-2-4-17-5-3-10)18-14(19)11-6-12(15)8-13(16)7-11/h2-9H,1H3,(H,18,19). The van der Waals surface area contributed by atoms with Gasteiger partial charge in [-0.05, 0) is 42.8 Å². The number of aromatic nitrogens is 1. The first-order chi connectivity index (χ1) is 9.06. The van der Waals surface area contributed by atoms with E-state index in [-0.39, 0.29) is 11.9 Å². The predicted octanol–water partition coefficient (Wildman–Crippen LogP) is 4.10. The summed E-state index contributed by atoms with van der Waals surface area (Å²) in [6, 6.07) is 9.19. The first kappa shape index (κ1) is 14.2. The van der Waals surface area contributed by atoms with Crippen LogP contribution in [0.4, 0.5) is 0 Å². The lowest BCUT2D eigenvalue weighted by molar-refractivity contribution is 0.0939.